The first-order chi connectivity index (χ1) is 12.2. The third kappa shape index (κ3) is 4.29. The zero-order valence-corrected chi connectivity index (χ0v) is 15.4. The molecule has 25 heavy (non-hydrogen) atoms. The molecule has 0 aliphatic carbocycles. The molecule has 132 valence electrons. The Morgan fingerprint density at radius 2 is 1.72 bits per heavy atom. The monoisotopic (exact) mass is 335 g/mol. The van der Waals surface area contributed by atoms with Gasteiger partial charge in [-0.15, -0.1) is 0 Å². The molecule has 1 heterocycles. The summed E-state index contributed by atoms with van der Waals surface area (Å²) in [6.07, 6.45) is 4.42. The van der Waals surface area contributed by atoms with Crippen LogP contribution in [-0.4, -0.2) is 16.1 Å². The number of nitrogens with zero attached hydrogens (tertiary/aromatic N) is 2. The Morgan fingerprint density at radius 3 is 2.44 bits per heavy atom. The molecule has 0 radical (unpaired) electrons. The molecule has 3 nitrogen and oxygen atoms in total. The van der Waals surface area contributed by atoms with Gasteiger partial charge in [0.2, 0.25) is 0 Å². The van der Waals surface area contributed by atoms with E-state index in [0.717, 1.165) is 37.9 Å². The summed E-state index contributed by atoms with van der Waals surface area (Å²) in [5.41, 5.74) is 10.7. The van der Waals surface area contributed by atoms with Gasteiger partial charge in [0.05, 0.1) is 11.0 Å². The van der Waals surface area contributed by atoms with E-state index in [1.807, 2.05) is 0 Å². The van der Waals surface area contributed by atoms with Crippen molar-refractivity contribution in [1.29, 1.82) is 0 Å². The number of aryl methyl sites for hydroxylation is 1. The van der Waals surface area contributed by atoms with Crippen LogP contribution in [0.4, 0.5) is 0 Å². The maximum atomic E-state index is 5.61. The van der Waals surface area contributed by atoms with Crippen LogP contribution in [0.5, 0.6) is 0 Å². The van der Waals surface area contributed by atoms with Crippen molar-refractivity contribution < 1.29 is 0 Å². The van der Waals surface area contributed by atoms with E-state index in [1.165, 1.54) is 28.9 Å². The highest BCUT2D eigenvalue weighted by Gasteiger charge is 2.11. The summed E-state index contributed by atoms with van der Waals surface area (Å²) in [6.45, 7) is 6.12. The number of nitrogens with two attached hydrogens (primary N) is 1. The second-order valence-corrected chi connectivity index (χ2v) is 7.10. The molecule has 0 aliphatic rings. The molecule has 0 atom stereocenters. The molecule has 0 bridgehead atoms. The average Bonchev–Trinajstić information content (AvgIpc) is 2.97. The highest BCUT2D eigenvalue weighted by atomic mass is 15.1. The van der Waals surface area contributed by atoms with Gasteiger partial charge in [-0.05, 0) is 48.6 Å². The van der Waals surface area contributed by atoms with Crippen LogP contribution < -0.4 is 5.73 Å². The molecule has 0 spiro atoms. The highest BCUT2D eigenvalue weighted by molar-refractivity contribution is 5.76. The molecule has 0 fully saturated rings. The second-order valence-electron chi connectivity index (χ2n) is 7.10. The smallest absolute Gasteiger partial charge is 0.110 e. The fourth-order valence-corrected chi connectivity index (χ4v) is 3.29. The number of fused-ring (bicyclic) bond motifs is 1. The van der Waals surface area contributed by atoms with Crippen LogP contribution in [0.2, 0.25) is 0 Å². The molecule has 0 saturated carbocycles. The Bertz CT molecular complexity index is 800. The Labute approximate surface area is 150 Å². The van der Waals surface area contributed by atoms with Crippen molar-refractivity contribution in [2.75, 3.05) is 6.54 Å². The fraction of sp³-hybridized carbons (Fsp3) is 0.409. The Balaban J connectivity index is 1.85. The van der Waals surface area contributed by atoms with Crippen LogP contribution in [0, 0.1) is 0 Å². The summed E-state index contributed by atoms with van der Waals surface area (Å²) in [5.74, 6) is 1.76. The number of aromatic nitrogens is 2. The minimum absolute atomic E-state index is 0.571. The number of hydrogen-bond acceptors (Lipinski definition) is 2. The van der Waals surface area contributed by atoms with Crippen LogP contribution in [-0.2, 0) is 13.0 Å². The number of rotatable bonds is 8. The third-order valence-electron chi connectivity index (χ3n) is 4.83. The summed E-state index contributed by atoms with van der Waals surface area (Å²) < 4.78 is 2.38. The van der Waals surface area contributed by atoms with Gasteiger partial charge in [0.1, 0.15) is 5.82 Å². The molecule has 3 rings (SSSR count). The van der Waals surface area contributed by atoms with Crippen molar-refractivity contribution in [1.82, 2.24) is 9.55 Å². The molecule has 0 saturated heterocycles. The van der Waals surface area contributed by atoms with Crippen molar-refractivity contribution in [2.24, 2.45) is 5.73 Å². The van der Waals surface area contributed by atoms with Crippen molar-refractivity contribution in [3.05, 3.63) is 65.5 Å². The molecule has 2 aromatic carbocycles. The topological polar surface area (TPSA) is 43.8 Å². The van der Waals surface area contributed by atoms with Crippen LogP contribution in [0.1, 0.15) is 56.0 Å². The van der Waals surface area contributed by atoms with Crippen molar-refractivity contribution in [3.63, 3.8) is 0 Å². The third-order valence-corrected chi connectivity index (χ3v) is 4.83. The van der Waals surface area contributed by atoms with Gasteiger partial charge < -0.3 is 10.3 Å². The van der Waals surface area contributed by atoms with E-state index >= 15 is 0 Å². The van der Waals surface area contributed by atoms with Crippen molar-refractivity contribution in [2.45, 2.75) is 52.0 Å². The predicted molar refractivity (Wildman–Crippen MR) is 106 cm³/mol. The molecule has 3 heteroatoms. The molecular formula is C22H29N3. The van der Waals surface area contributed by atoms with E-state index in [1.54, 1.807) is 0 Å². The summed E-state index contributed by atoms with van der Waals surface area (Å²) in [7, 11) is 0. The molecule has 2 N–H and O–H groups in total. The van der Waals surface area contributed by atoms with Gasteiger partial charge in [-0.3, -0.25) is 0 Å². The molecule has 1 aromatic heterocycles. The lowest BCUT2D eigenvalue weighted by molar-refractivity contribution is 0.644. The van der Waals surface area contributed by atoms with Crippen LogP contribution >= 0.6 is 0 Å². The largest absolute Gasteiger partial charge is 0.330 e. The first-order valence-electron chi connectivity index (χ1n) is 9.42. The van der Waals surface area contributed by atoms with Gasteiger partial charge in [0.15, 0.2) is 0 Å². The number of imidazole rings is 1. The van der Waals surface area contributed by atoms with Gasteiger partial charge in [-0.2, -0.15) is 0 Å². The number of hydrogen-bond donors (Lipinski definition) is 1. The number of unbranched alkanes of at least 4 members (excludes halogenated alkanes) is 2. The highest BCUT2D eigenvalue weighted by Crippen LogP contribution is 2.21. The van der Waals surface area contributed by atoms with Crippen LogP contribution in [0.3, 0.4) is 0 Å². The van der Waals surface area contributed by atoms with E-state index in [0.29, 0.717) is 5.92 Å². The Hall–Kier alpha value is -2.13. The zero-order chi connectivity index (χ0) is 17.6. The van der Waals surface area contributed by atoms with E-state index in [-0.39, 0.29) is 0 Å². The first kappa shape index (κ1) is 17.7. The summed E-state index contributed by atoms with van der Waals surface area (Å²) in [4.78, 5) is 4.88. The first-order valence-corrected chi connectivity index (χ1v) is 9.42. The lowest BCUT2D eigenvalue weighted by Gasteiger charge is -2.11. The van der Waals surface area contributed by atoms with Crippen LogP contribution in [0.25, 0.3) is 11.0 Å². The fourth-order valence-electron chi connectivity index (χ4n) is 3.29. The van der Waals surface area contributed by atoms with Gasteiger partial charge in [-0.25, -0.2) is 4.98 Å². The second kappa shape index (κ2) is 8.30. The van der Waals surface area contributed by atoms with Gasteiger partial charge in [0, 0.05) is 13.0 Å². The standard InChI is InChI=1S/C22H29N3/c1-17(2)19-13-11-18(12-14-19)16-25-21-9-6-5-8-20(21)24-22(25)10-4-3-7-15-23/h5-6,8-9,11-14,17H,3-4,7,10,15-16,23H2,1-2H3. The molecule has 0 aliphatic heterocycles. The molecule has 3 aromatic rings. The average molecular weight is 335 g/mol. The van der Waals surface area contributed by atoms with E-state index in [9.17, 15) is 0 Å². The maximum absolute atomic E-state index is 5.61. The van der Waals surface area contributed by atoms with Gasteiger partial charge >= 0.3 is 0 Å². The Kier molecular flexibility index (Phi) is 5.87. The van der Waals surface area contributed by atoms with Crippen molar-refractivity contribution >= 4 is 11.0 Å². The Morgan fingerprint density at radius 1 is 0.960 bits per heavy atom. The summed E-state index contributed by atoms with van der Waals surface area (Å²) in [6, 6.07) is 17.5. The normalized spacial score (nSPS) is 11.5. The summed E-state index contributed by atoms with van der Waals surface area (Å²) >= 11 is 0. The van der Waals surface area contributed by atoms with Crippen molar-refractivity contribution in [3.8, 4) is 0 Å². The van der Waals surface area contributed by atoms with E-state index in [2.05, 4.69) is 66.9 Å². The SMILES string of the molecule is CC(C)c1ccc(Cn2c(CCCCCN)nc3ccccc32)cc1. The number of para-hydroxylation sites is 2. The quantitative estimate of drug-likeness (QED) is 0.596. The molecular weight excluding hydrogens is 306 g/mol. The summed E-state index contributed by atoms with van der Waals surface area (Å²) in [5, 5.41) is 0. The van der Waals surface area contributed by atoms with E-state index in [4.69, 9.17) is 10.7 Å². The van der Waals surface area contributed by atoms with Gasteiger partial charge in [-0.1, -0.05) is 56.7 Å². The lowest BCUT2D eigenvalue weighted by atomic mass is 10.0. The minimum atomic E-state index is 0.571. The van der Waals surface area contributed by atoms with Gasteiger partial charge in [0.25, 0.3) is 0 Å². The minimum Gasteiger partial charge on any atom is -0.330 e. The number of benzene rings is 2. The predicted octanol–water partition coefficient (Wildman–Crippen LogP) is 4.88. The molecule has 0 amide bonds. The van der Waals surface area contributed by atoms with E-state index < -0.39 is 0 Å². The zero-order valence-electron chi connectivity index (χ0n) is 15.4. The maximum Gasteiger partial charge on any atom is 0.110 e. The molecule has 0 unspecified atom stereocenters. The lowest BCUT2D eigenvalue weighted by Crippen LogP contribution is -2.06. The van der Waals surface area contributed by atoms with Crippen LogP contribution in [0.15, 0.2) is 48.5 Å².